The number of ether oxygens (including phenoxy) is 1. The fourth-order valence-corrected chi connectivity index (χ4v) is 1.93. The first-order valence-electron chi connectivity index (χ1n) is 6.88. The SMILES string of the molecule is CCOc1cccc(CNC(=O)c2ccnc(CN)c2)c1. The van der Waals surface area contributed by atoms with E-state index in [9.17, 15) is 4.79 Å². The molecule has 0 spiro atoms. The van der Waals surface area contributed by atoms with E-state index in [1.54, 1.807) is 18.3 Å². The maximum Gasteiger partial charge on any atom is 0.251 e. The second-order valence-electron chi connectivity index (χ2n) is 4.50. The van der Waals surface area contributed by atoms with Crippen molar-refractivity contribution < 1.29 is 9.53 Å². The lowest BCUT2D eigenvalue weighted by atomic mass is 10.2. The molecule has 21 heavy (non-hydrogen) atoms. The Morgan fingerprint density at radius 1 is 1.33 bits per heavy atom. The molecule has 0 unspecified atom stereocenters. The maximum absolute atomic E-state index is 12.1. The summed E-state index contributed by atoms with van der Waals surface area (Å²) in [4.78, 5) is 16.2. The van der Waals surface area contributed by atoms with Crippen LogP contribution in [0.2, 0.25) is 0 Å². The van der Waals surface area contributed by atoms with Gasteiger partial charge in [-0.15, -0.1) is 0 Å². The normalized spacial score (nSPS) is 10.2. The summed E-state index contributed by atoms with van der Waals surface area (Å²) in [5.41, 5.74) is 7.77. The fourth-order valence-electron chi connectivity index (χ4n) is 1.93. The van der Waals surface area contributed by atoms with E-state index in [4.69, 9.17) is 10.5 Å². The molecule has 1 aromatic carbocycles. The van der Waals surface area contributed by atoms with E-state index in [1.165, 1.54) is 0 Å². The van der Waals surface area contributed by atoms with Crippen molar-refractivity contribution in [3.63, 3.8) is 0 Å². The monoisotopic (exact) mass is 285 g/mol. The first-order chi connectivity index (χ1) is 10.2. The summed E-state index contributed by atoms with van der Waals surface area (Å²) < 4.78 is 5.43. The second kappa shape index (κ2) is 7.40. The number of nitrogens with one attached hydrogen (secondary N) is 1. The number of hydrogen-bond donors (Lipinski definition) is 2. The van der Waals surface area contributed by atoms with Gasteiger partial charge in [0.1, 0.15) is 5.75 Å². The summed E-state index contributed by atoms with van der Waals surface area (Å²) in [6.07, 6.45) is 1.59. The van der Waals surface area contributed by atoms with Crippen LogP contribution in [0.3, 0.4) is 0 Å². The minimum atomic E-state index is -0.145. The molecule has 0 aliphatic rings. The van der Waals surface area contributed by atoms with Gasteiger partial charge in [-0.3, -0.25) is 9.78 Å². The molecule has 2 aromatic rings. The Hall–Kier alpha value is -2.40. The lowest BCUT2D eigenvalue weighted by Crippen LogP contribution is -2.23. The molecular formula is C16H19N3O2. The molecule has 110 valence electrons. The number of nitrogens with two attached hydrogens (primary N) is 1. The second-order valence-corrected chi connectivity index (χ2v) is 4.50. The van der Waals surface area contributed by atoms with Crippen molar-refractivity contribution in [2.24, 2.45) is 5.73 Å². The van der Waals surface area contributed by atoms with Crippen LogP contribution in [0.5, 0.6) is 5.75 Å². The third kappa shape index (κ3) is 4.29. The van der Waals surface area contributed by atoms with Crippen molar-refractivity contribution in [2.75, 3.05) is 6.61 Å². The highest BCUT2D eigenvalue weighted by molar-refractivity contribution is 5.94. The van der Waals surface area contributed by atoms with Gasteiger partial charge in [0, 0.05) is 24.8 Å². The number of carbonyl (C=O) groups excluding carboxylic acids is 1. The molecule has 0 radical (unpaired) electrons. The summed E-state index contributed by atoms with van der Waals surface area (Å²) in [6.45, 7) is 3.32. The van der Waals surface area contributed by atoms with Crippen LogP contribution in [-0.2, 0) is 13.1 Å². The number of hydrogen-bond acceptors (Lipinski definition) is 4. The minimum absolute atomic E-state index is 0.145. The van der Waals surface area contributed by atoms with Crippen LogP contribution >= 0.6 is 0 Å². The Labute approximate surface area is 124 Å². The van der Waals surface area contributed by atoms with Crippen LogP contribution in [0.25, 0.3) is 0 Å². The Morgan fingerprint density at radius 2 is 2.19 bits per heavy atom. The van der Waals surface area contributed by atoms with Gasteiger partial charge in [0.15, 0.2) is 0 Å². The smallest absolute Gasteiger partial charge is 0.251 e. The molecule has 0 bridgehead atoms. The van der Waals surface area contributed by atoms with Crippen molar-refractivity contribution >= 4 is 5.91 Å². The minimum Gasteiger partial charge on any atom is -0.494 e. The Morgan fingerprint density at radius 3 is 2.95 bits per heavy atom. The number of carbonyl (C=O) groups is 1. The van der Waals surface area contributed by atoms with Crippen molar-refractivity contribution in [1.29, 1.82) is 0 Å². The highest BCUT2D eigenvalue weighted by Crippen LogP contribution is 2.13. The van der Waals surface area contributed by atoms with Crippen molar-refractivity contribution in [3.8, 4) is 5.75 Å². The highest BCUT2D eigenvalue weighted by atomic mass is 16.5. The zero-order valence-electron chi connectivity index (χ0n) is 12.0. The average Bonchev–Trinajstić information content (AvgIpc) is 2.53. The third-order valence-corrected chi connectivity index (χ3v) is 2.95. The average molecular weight is 285 g/mol. The van der Waals surface area contributed by atoms with Gasteiger partial charge in [-0.05, 0) is 36.8 Å². The van der Waals surface area contributed by atoms with E-state index in [0.29, 0.717) is 31.0 Å². The first-order valence-corrected chi connectivity index (χ1v) is 6.88. The number of pyridine rings is 1. The summed E-state index contributed by atoms with van der Waals surface area (Å²) >= 11 is 0. The highest BCUT2D eigenvalue weighted by Gasteiger charge is 2.06. The summed E-state index contributed by atoms with van der Waals surface area (Å²) in [5, 5.41) is 2.87. The molecule has 5 heteroatoms. The van der Waals surface area contributed by atoms with Crippen molar-refractivity contribution in [2.45, 2.75) is 20.0 Å². The zero-order valence-corrected chi connectivity index (χ0v) is 12.0. The Kier molecular flexibility index (Phi) is 5.29. The molecule has 3 N–H and O–H groups in total. The largest absolute Gasteiger partial charge is 0.494 e. The fraction of sp³-hybridized carbons (Fsp3) is 0.250. The van der Waals surface area contributed by atoms with Crippen molar-refractivity contribution in [1.82, 2.24) is 10.3 Å². The van der Waals surface area contributed by atoms with Crippen molar-refractivity contribution in [3.05, 3.63) is 59.4 Å². The quantitative estimate of drug-likeness (QED) is 0.849. The molecule has 1 heterocycles. The van der Waals surface area contributed by atoms with Crippen LogP contribution in [0.15, 0.2) is 42.6 Å². The first kappa shape index (κ1) is 15.0. The Balaban J connectivity index is 1.98. The van der Waals surface area contributed by atoms with E-state index in [1.807, 2.05) is 31.2 Å². The molecule has 0 aliphatic heterocycles. The summed E-state index contributed by atoms with van der Waals surface area (Å²) in [5.74, 6) is 0.660. The molecule has 1 amide bonds. The number of nitrogens with zero attached hydrogens (tertiary/aromatic N) is 1. The van der Waals surface area contributed by atoms with E-state index in [-0.39, 0.29) is 5.91 Å². The molecule has 0 aliphatic carbocycles. The van der Waals surface area contributed by atoms with E-state index in [2.05, 4.69) is 10.3 Å². The third-order valence-electron chi connectivity index (χ3n) is 2.95. The van der Waals surface area contributed by atoms with Crippen LogP contribution in [-0.4, -0.2) is 17.5 Å². The lowest BCUT2D eigenvalue weighted by molar-refractivity contribution is 0.0950. The molecule has 2 rings (SSSR count). The summed E-state index contributed by atoms with van der Waals surface area (Å²) in [6, 6.07) is 11.0. The van der Waals surface area contributed by atoms with Gasteiger partial charge in [-0.25, -0.2) is 0 Å². The van der Waals surface area contributed by atoms with Crippen LogP contribution in [0.1, 0.15) is 28.5 Å². The molecule has 1 aromatic heterocycles. The molecule has 0 saturated carbocycles. The predicted molar refractivity (Wildman–Crippen MR) is 80.9 cm³/mol. The number of benzene rings is 1. The summed E-state index contributed by atoms with van der Waals surface area (Å²) in [7, 11) is 0. The molecule has 0 fully saturated rings. The topological polar surface area (TPSA) is 77.2 Å². The molecule has 5 nitrogen and oxygen atoms in total. The van der Waals surface area contributed by atoms with Crippen LogP contribution in [0, 0.1) is 0 Å². The molecular weight excluding hydrogens is 266 g/mol. The predicted octanol–water partition coefficient (Wildman–Crippen LogP) is 1.87. The lowest BCUT2D eigenvalue weighted by Gasteiger charge is -2.08. The van der Waals surface area contributed by atoms with Gasteiger partial charge in [-0.1, -0.05) is 12.1 Å². The molecule has 0 atom stereocenters. The van der Waals surface area contributed by atoms with E-state index in [0.717, 1.165) is 11.3 Å². The van der Waals surface area contributed by atoms with Gasteiger partial charge in [0.25, 0.3) is 5.91 Å². The number of amides is 1. The maximum atomic E-state index is 12.1. The van der Waals surface area contributed by atoms with Gasteiger partial charge in [0.2, 0.25) is 0 Å². The Bertz CT molecular complexity index is 614. The van der Waals surface area contributed by atoms with Crippen LogP contribution in [0.4, 0.5) is 0 Å². The molecule has 0 saturated heterocycles. The van der Waals surface area contributed by atoms with E-state index >= 15 is 0 Å². The number of aromatic nitrogens is 1. The van der Waals surface area contributed by atoms with Gasteiger partial charge >= 0.3 is 0 Å². The van der Waals surface area contributed by atoms with Gasteiger partial charge < -0.3 is 15.8 Å². The standard InChI is InChI=1S/C16H19N3O2/c1-2-21-15-5-3-4-12(8-15)11-19-16(20)13-6-7-18-14(9-13)10-17/h3-9H,2,10-11,17H2,1H3,(H,19,20). The zero-order chi connectivity index (χ0) is 15.1. The van der Waals surface area contributed by atoms with Crippen LogP contribution < -0.4 is 15.8 Å². The number of rotatable bonds is 6. The van der Waals surface area contributed by atoms with E-state index < -0.39 is 0 Å². The van der Waals surface area contributed by atoms with Gasteiger partial charge in [0.05, 0.1) is 12.3 Å². The van der Waals surface area contributed by atoms with Gasteiger partial charge in [-0.2, -0.15) is 0 Å².